The van der Waals surface area contributed by atoms with Gasteiger partial charge < -0.3 is 19.6 Å². The van der Waals surface area contributed by atoms with Gasteiger partial charge in [0.05, 0.1) is 12.5 Å². The number of hydrazone groups is 1. The molecule has 38 heavy (non-hydrogen) atoms. The number of amides is 2. The Balaban J connectivity index is 1.44. The zero-order valence-electron chi connectivity index (χ0n) is 22.0. The number of aromatic nitrogens is 3. The smallest absolute Gasteiger partial charge is 0.408 e. The van der Waals surface area contributed by atoms with Gasteiger partial charge in [-0.2, -0.15) is 5.10 Å². The van der Waals surface area contributed by atoms with Crippen LogP contribution in [-0.4, -0.2) is 38.8 Å². The Morgan fingerprint density at radius 2 is 1.89 bits per heavy atom. The number of nitrogens with one attached hydrogen (secondary N) is 3. The molecule has 0 saturated heterocycles. The molecule has 0 aliphatic rings. The molecule has 2 amide bonds. The number of rotatable bonds is 9. The molecule has 196 valence electrons. The highest BCUT2D eigenvalue weighted by Crippen LogP contribution is 2.24. The average molecular weight is 513 g/mol. The summed E-state index contributed by atoms with van der Waals surface area (Å²) in [4.78, 5) is 32.4. The van der Waals surface area contributed by atoms with Crippen molar-refractivity contribution in [3.63, 3.8) is 0 Å². The van der Waals surface area contributed by atoms with Gasteiger partial charge in [0.15, 0.2) is 0 Å². The Bertz CT molecular complexity index is 1420. The van der Waals surface area contributed by atoms with E-state index >= 15 is 0 Å². The van der Waals surface area contributed by atoms with Gasteiger partial charge in [0.2, 0.25) is 0 Å². The fraction of sp³-hybridized carbons (Fsp3) is 0.241. The molecule has 4 rings (SSSR count). The van der Waals surface area contributed by atoms with Crippen LogP contribution in [0, 0.1) is 27.7 Å². The second-order valence-corrected chi connectivity index (χ2v) is 9.15. The van der Waals surface area contributed by atoms with Crippen molar-refractivity contribution in [3.8, 4) is 5.69 Å². The van der Waals surface area contributed by atoms with E-state index in [9.17, 15) is 9.59 Å². The van der Waals surface area contributed by atoms with Gasteiger partial charge in [-0.05, 0) is 56.5 Å². The lowest BCUT2D eigenvalue weighted by Gasteiger charge is -2.16. The molecule has 9 heteroatoms. The molecule has 0 spiro atoms. The lowest BCUT2D eigenvalue weighted by Crippen LogP contribution is -2.47. The third kappa shape index (κ3) is 6.36. The van der Waals surface area contributed by atoms with Gasteiger partial charge in [-0.15, -0.1) is 0 Å². The maximum absolute atomic E-state index is 13.0. The SMILES string of the molecule is Cc1cccc(-n2c(C)cc(/C=N\NC(=O)[C@H](Cc3cnc[nH]3)NC(=O)OCc3ccccc3)c2C)c1C. The Hall–Kier alpha value is -4.66. The summed E-state index contributed by atoms with van der Waals surface area (Å²) in [7, 11) is 0. The van der Waals surface area contributed by atoms with Crippen molar-refractivity contribution < 1.29 is 14.3 Å². The molecule has 2 aromatic heterocycles. The Morgan fingerprint density at radius 1 is 1.11 bits per heavy atom. The van der Waals surface area contributed by atoms with E-state index in [4.69, 9.17) is 4.74 Å². The quantitative estimate of drug-likeness (QED) is 0.228. The second kappa shape index (κ2) is 12.1. The minimum absolute atomic E-state index is 0.0965. The van der Waals surface area contributed by atoms with E-state index in [2.05, 4.69) is 56.4 Å². The van der Waals surface area contributed by atoms with E-state index < -0.39 is 18.0 Å². The average Bonchev–Trinajstić information content (AvgIpc) is 3.52. The second-order valence-electron chi connectivity index (χ2n) is 9.15. The van der Waals surface area contributed by atoms with Crippen LogP contribution in [0.25, 0.3) is 5.69 Å². The van der Waals surface area contributed by atoms with E-state index in [1.807, 2.05) is 56.3 Å². The van der Waals surface area contributed by atoms with Crippen LogP contribution < -0.4 is 10.7 Å². The zero-order chi connectivity index (χ0) is 27.1. The molecule has 3 N–H and O–H groups in total. The van der Waals surface area contributed by atoms with Gasteiger partial charge in [0.25, 0.3) is 5.91 Å². The number of hydrogen-bond donors (Lipinski definition) is 3. The molecule has 2 heterocycles. The molecule has 0 radical (unpaired) electrons. The topological polar surface area (TPSA) is 113 Å². The van der Waals surface area contributed by atoms with Crippen LogP contribution in [0.5, 0.6) is 0 Å². The van der Waals surface area contributed by atoms with Crippen molar-refractivity contribution in [3.05, 3.63) is 106 Å². The summed E-state index contributed by atoms with van der Waals surface area (Å²) in [5, 5.41) is 6.82. The fourth-order valence-electron chi connectivity index (χ4n) is 4.24. The molecule has 1 atom stereocenters. The minimum Gasteiger partial charge on any atom is -0.445 e. The molecule has 0 unspecified atom stereocenters. The molecule has 0 bridgehead atoms. The lowest BCUT2D eigenvalue weighted by atomic mass is 10.1. The van der Waals surface area contributed by atoms with Gasteiger partial charge in [-0.3, -0.25) is 4.79 Å². The highest BCUT2D eigenvalue weighted by molar-refractivity contribution is 5.88. The molecule has 4 aromatic rings. The lowest BCUT2D eigenvalue weighted by molar-refractivity contribution is -0.123. The van der Waals surface area contributed by atoms with Crippen LogP contribution in [0.2, 0.25) is 0 Å². The Labute approximate surface area is 222 Å². The van der Waals surface area contributed by atoms with Crippen molar-refractivity contribution in [2.75, 3.05) is 0 Å². The van der Waals surface area contributed by atoms with Crippen LogP contribution >= 0.6 is 0 Å². The summed E-state index contributed by atoms with van der Waals surface area (Å²) in [6.45, 7) is 8.35. The van der Waals surface area contributed by atoms with Crippen LogP contribution in [0.4, 0.5) is 4.79 Å². The number of alkyl carbamates (subject to hydrolysis) is 1. The van der Waals surface area contributed by atoms with Crippen molar-refractivity contribution >= 4 is 18.2 Å². The number of aryl methyl sites for hydroxylation is 2. The number of H-pyrrole nitrogens is 1. The molecule has 2 aromatic carbocycles. The normalized spacial score (nSPS) is 11.9. The zero-order valence-corrected chi connectivity index (χ0v) is 22.0. The fourth-order valence-corrected chi connectivity index (χ4v) is 4.24. The first-order chi connectivity index (χ1) is 18.3. The monoisotopic (exact) mass is 512 g/mol. The summed E-state index contributed by atoms with van der Waals surface area (Å²) >= 11 is 0. The first-order valence-electron chi connectivity index (χ1n) is 12.4. The van der Waals surface area contributed by atoms with Crippen molar-refractivity contribution in [1.82, 2.24) is 25.3 Å². The van der Waals surface area contributed by atoms with E-state index in [1.165, 1.54) is 17.5 Å². The number of nitrogens with zero attached hydrogens (tertiary/aromatic N) is 3. The standard InChI is InChI=1S/C29H32N6O3/c1-19-9-8-12-27(21(19)3)35-20(2)13-24(22(35)4)15-32-34-28(36)26(14-25-16-30-18-31-25)33-29(37)38-17-23-10-6-5-7-11-23/h5-13,15-16,18,26H,14,17H2,1-4H3,(H,30,31)(H,33,37)(H,34,36)/b32-15-/t26-/m0/s1. The summed E-state index contributed by atoms with van der Waals surface area (Å²) in [6, 6.07) is 16.7. The van der Waals surface area contributed by atoms with E-state index in [0.717, 1.165) is 28.2 Å². The number of carbonyl (C=O) groups excluding carboxylic acids is 2. The molecule has 0 aliphatic carbocycles. The molecular weight excluding hydrogens is 480 g/mol. The van der Waals surface area contributed by atoms with Gasteiger partial charge in [0, 0.05) is 41.0 Å². The highest BCUT2D eigenvalue weighted by Gasteiger charge is 2.23. The van der Waals surface area contributed by atoms with Crippen molar-refractivity contribution in [2.45, 2.75) is 46.8 Å². The molecule has 0 fully saturated rings. The maximum atomic E-state index is 13.0. The summed E-state index contributed by atoms with van der Waals surface area (Å²) in [6.07, 6.45) is 4.23. The molecule has 0 aliphatic heterocycles. The molecule has 9 nitrogen and oxygen atoms in total. The molecular formula is C29H32N6O3. The van der Waals surface area contributed by atoms with Gasteiger partial charge >= 0.3 is 6.09 Å². The predicted octanol–water partition coefficient (Wildman–Crippen LogP) is 4.42. The minimum atomic E-state index is -0.918. The van der Waals surface area contributed by atoms with Gasteiger partial charge in [0.1, 0.15) is 12.6 Å². The first kappa shape index (κ1) is 26.4. The Kier molecular flexibility index (Phi) is 8.37. The predicted molar refractivity (Wildman–Crippen MR) is 146 cm³/mol. The van der Waals surface area contributed by atoms with E-state index in [0.29, 0.717) is 5.69 Å². The van der Waals surface area contributed by atoms with Gasteiger partial charge in [-0.25, -0.2) is 15.2 Å². The largest absolute Gasteiger partial charge is 0.445 e. The number of imidazole rings is 1. The number of aromatic amines is 1. The van der Waals surface area contributed by atoms with Crippen LogP contribution in [0.3, 0.4) is 0 Å². The van der Waals surface area contributed by atoms with E-state index in [1.54, 1.807) is 12.4 Å². The highest BCUT2D eigenvalue weighted by atomic mass is 16.5. The summed E-state index contributed by atoms with van der Waals surface area (Å²) in [5.41, 5.74) is 10.6. The number of benzene rings is 2. The molecule has 0 saturated carbocycles. The van der Waals surface area contributed by atoms with Crippen molar-refractivity contribution in [1.29, 1.82) is 0 Å². The summed E-state index contributed by atoms with van der Waals surface area (Å²) in [5.74, 6) is -0.476. The van der Waals surface area contributed by atoms with E-state index in [-0.39, 0.29) is 13.0 Å². The summed E-state index contributed by atoms with van der Waals surface area (Å²) < 4.78 is 7.47. The third-order valence-electron chi connectivity index (χ3n) is 6.47. The van der Waals surface area contributed by atoms with Crippen molar-refractivity contribution in [2.24, 2.45) is 5.10 Å². The number of ether oxygens (including phenoxy) is 1. The van der Waals surface area contributed by atoms with Crippen LogP contribution in [0.1, 0.15) is 39.3 Å². The maximum Gasteiger partial charge on any atom is 0.408 e. The van der Waals surface area contributed by atoms with Crippen LogP contribution in [0.15, 0.2) is 72.2 Å². The van der Waals surface area contributed by atoms with Gasteiger partial charge in [-0.1, -0.05) is 42.5 Å². The number of hydrogen-bond acceptors (Lipinski definition) is 5. The Morgan fingerprint density at radius 3 is 2.63 bits per heavy atom. The first-order valence-corrected chi connectivity index (χ1v) is 12.4. The van der Waals surface area contributed by atoms with Crippen LogP contribution in [-0.2, 0) is 22.6 Å². The third-order valence-corrected chi connectivity index (χ3v) is 6.47. The number of carbonyl (C=O) groups is 2.